The number of nitrogens with zero attached hydrogens (tertiary/aromatic N) is 1. The largest absolute Gasteiger partial charge is 0.314 e. The molecule has 2 rings (SSSR count). The van der Waals surface area contributed by atoms with E-state index in [9.17, 15) is 0 Å². The lowest BCUT2D eigenvalue weighted by Gasteiger charge is -2.35. The van der Waals surface area contributed by atoms with Crippen LogP contribution in [0.5, 0.6) is 0 Å². The second-order valence-electron chi connectivity index (χ2n) is 4.83. The van der Waals surface area contributed by atoms with E-state index in [1.165, 1.54) is 10.0 Å². The molecular formula is C15H20Br2N2. The lowest BCUT2D eigenvalue weighted by atomic mass is 9.99. The van der Waals surface area contributed by atoms with Crippen LogP contribution in [0, 0.1) is 0 Å². The van der Waals surface area contributed by atoms with Crippen LogP contribution in [0.2, 0.25) is 0 Å². The number of piperazine rings is 1. The van der Waals surface area contributed by atoms with Crippen molar-refractivity contribution in [3.05, 3.63) is 45.4 Å². The summed E-state index contributed by atoms with van der Waals surface area (Å²) in [6, 6.07) is 6.91. The van der Waals surface area contributed by atoms with Crippen molar-refractivity contribution in [1.82, 2.24) is 10.2 Å². The molecule has 1 heterocycles. The highest BCUT2D eigenvalue weighted by Gasteiger charge is 2.23. The Morgan fingerprint density at radius 3 is 2.74 bits per heavy atom. The Morgan fingerprint density at radius 1 is 1.32 bits per heavy atom. The van der Waals surface area contributed by atoms with Crippen molar-refractivity contribution in [1.29, 1.82) is 0 Å². The molecular weight excluding hydrogens is 368 g/mol. The first kappa shape index (κ1) is 15.2. The fourth-order valence-electron chi connectivity index (χ4n) is 2.57. The van der Waals surface area contributed by atoms with Crippen molar-refractivity contribution in [2.24, 2.45) is 0 Å². The maximum Gasteiger partial charge on any atom is 0.0363 e. The molecule has 0 aliphatic carbocycles. The fourth-order valence-corrected chi connectivity index (χ4v) is 3.46. The summed E-state index contributed by atoms with van der Waals surface area (Å²) in [4.78, 5) is 2.58. The van der Waals surface area contributed by atoms with Gasteiger partial charge in [0, 0.05) is 41.2 Å². The predicted octanol–water partition coefficient (Wildman–Crippen LogP) is 4.12. The zero-order valence-electron chi connectivity index (χ0n) is 11.0. The standard InChI is InChI=1S/C15H20Br2N2/c1-2-3-4-15(19-9-7-18-8-10-19)13-11-12(16)5-6-14(13)17/h2,5-6,11,15,18H,1,3-4,7-10H2/t15-/m0/s1. The van der Waals surface area contributed by atoms with Crippen molar-refractivity contribution >= 4 is 31.9 Å². The minimum atomic E-state index is 0.465. The Morgan fingerprint density at radius 2 is 2.05 bits per heavy atom. The van der Waals surface area contributed by atoms with Gasteiger partial charge < -0.3 is 5.32 Å². The maximum atomic E-state index is 3.86. The molecule has 0 radical (unpaired) electrons. The van der Waals surface area contributed by atoms with Gasteiger partial charge in [-0.2, -0.15) is 0 Å². The van der Waals surface area contributed by atoms with Gasteiger partial charge in [-0.05, 0) is 36.6 Å². The molecule has 19 heavy (non-hydrogen) atoms. The Kier molecular flexibility index (Phi) is 6.07. The van der Waals surface area contributed by atoms with Crippen LogP contribution in [0.1, 0.15) is 24.4 Å². The van der Waals surface area contributed by atoms with Crippen molar-refractivity contribution in [2.75, 3.05) is 26.2 Å². The molecule has 0 unspecified atom stereocenters. The Bertz CT molecular complexity index is 428. The molecule has 1 aromatic rings. The van der Waals surface area contributed by atoms with Crippen LogP contribution < -0.4 is 5.32 Å². The molecule has 1 saturated heterocycles. The van der Waals surface area contributed by atoms with Gasteiger partial charge in [-0.1, -0.05) is 37.9 Å². The number of allylic oxidation sites excluding steroid dienone is 1. The molecule has 0 saturated carbocycles. The van der Waals surface area contributed by atoms with Gasteiger partial charge in [0.1, 0.15) is 0 Å². The number of hydrogen-bond acceptors (Lipinski definition) is 2. The Labute approximate surface area is 132 Å². The van der Waals surface area contributed by atoms with Gasteiger partial charge in [-0.15, -0.1) is 6.58 Å². The molecule has 0 spiro atoms. The summed E-state index contributed by atoms with van der Waals surface area (Å²) in [7, 11) is 0. The van der Waals surface area contributed by atoms with E-state index < -0.39 is 0 Å². The van der Waals surface area contributed by atoms with Crippen LogP contribution >= 0.6 is 31.9 Å². The minimum absolute atomic E-state index is 0.465. The first-order valence-corrected chi connectivity index (χ1v) is 8.31. The van der Waals surface area contributed by atoms with E-state index in [0.29, 0.717) is 6.04 Å². The van der Waals surface area contributed by atoms with E-state index in [2.05, 4.69) is 66.9 Å². The third kappa shape index (κ3) is 4.15. The van der Waals surface area contributed by atoms with E-state index in [1.807, 2.05) is 6.08 Å². The number of benzene rings is 1. The summed E-state index contributed by atoms with van der Waals surface area (Å²) in [6.45, 7) is 8.24. The second kappa shape index (κ2) is 7.58. The zero-order valence-corrected chi connectivity index (χ0v) is 14.2. The molecule has 1 fully saturated rings. The highest BCUT2D eigenvalue weighted by Crippen LogP contribution is 2.33. The van der Waals surface area contributed by atoms with Crippen LogP contribution in [-0.2, 0) is 0 Å². The third-order valence-corrected chi connectivity index (χ3v) is 4.77. The first-order valence-electron chi connectivity index (χ1n) is 6.73. The van der Waals surface area contributed by atoms with Crippen molar-refractivity contribution < 1.29 is 0 Å². The topological polar surface area (TPSA) is 15.3 Å². The second-order valence-corrected chi connectivity index (χ2v) is 6.60. The molecule has 1 aliphatic heterocycles. The van der Waals surface area contributed by atoms with Crippen LogP contribution in [0.4, 0.5) is 0 Å². The normalized spacial score (nSPS) is 18.2. The average Bonchev–Trinajstić information content (AvgIpc) is 2.44. The number of hydrogen-bond donors (Lipinski definition) is 1. The van der Waals surface area contributed by atoms with Gasteiger partial charge in [0.05, 0.1) is 0 Å². The lowest BCUT2D eigenvalue weighted by molar-refractivity contribution is 0.165. The molecule has 0 aromatic heterocycles. The van der Waals surface area contributed by atoms with Crippen molar-refractivity contribution in [3.63, 3.8) is 0 Å². The monoisotopic (exact) mass is 386 g/mol. The summed E-state index contributed by atoms with van der Waals surface area (Å²) >= 11 is 7.29. The van der Waals surface area contributed by atoms with Gasteiger partial charge in [0.15, 0.2) is 0 Å². The van der Waals surface area contributed by atoms with Gasteiger partial charge >= 0.3 is 0 Å². The molecule has 104 valence electrons. The van der Waals surface area contributed by atoms with Gasteiger partial charge in [-0.25, -0.2) is 0 Å². The highest BCUT2D eigenvalue weighted by atomic mass is 79.9. The number of halogens is 2. The zero-order chi connectivity index (χ0) is 13.7. The van der Waals surface area contributed by atoms with Gasteiger partial charge in [0.2, 0.25) is 0 Å². The summed E-state index contributed by atoms with van der Waals surface area (Å²) in [5.41, 5.74) is 1.37. The fraction of sp³-hybridized carbons (Fsp3) is 0.467. The maximum absolute atomic E-state index is 3.86. The summed E-state index contributed by atoms with van der Waals surface area (Å²) < 4.78 is 2.34. The van der Waals surface area contributed by atoms with Crippen molar-refractivity contribution in [3.8, 4) is 0 Å². The molecule has 1 aliphatic rings. The molecule has 1 atom stereocenters. The summed E-state index contributed by atoms with van der Waals surface area (Å²) in [6.07, 6.45) is 4.19. The van der Waals surface area contributed by atoms with E-state index in [-0.39, 0.29) is 0 Å². The van der Waals surface area contributed by atoms with Gasteiger partial charge in [0.25, 0.3) is 0 Å². The molecule has 0 amide bonds. The number of rotatable bonds is 5. The van der Waals surface area contributed by atoms with E-state index >= 15 is 0 Å². The smallest absolute Gasteiger partial charge is 0.0363 e. The molecule has 2 nitrogen and oxygen atoms in total. The highest BCUT2D eigenvalue weighted by molar-refractivity contribution is 9.11. The van der Waals surface area contributed by atoms with Crippen LogP contribution in [0.15, 0.2) is 39.8 Å². The first-order chi connectivity index (χ1) is 9.22. The lowest BCUT2D eigenvalue weighted by Crippen LogP contribution is -2.45. The molecule has 4 heteroatoms. The van der Waals surface area contributed by atoms with Crippen molar-refractivity contribution in [2.45, 2.75) is 18.9 Å². The van der Waals surface area contributed by atoms with E-state index in [0.717, 1.165) is 43.5 Å². The Balaban J connectivity index is 2.24. The predicted molar refractivity (Wildman–Crippen MR) is 88.5 cm³/mol. The van der Waals surface area contributed by atoms with Crippen LogP contribution in [0.3, 0.4) is 0 Å². The van der Waals surface area contributed by atoms with Gasteiger partial charge in [-0.3, -0.25) is 4.90 Å². The third-order valence-electron chi connectivity index (χ3n) is 3.55. The van der Waals surface area contributed by atoms with E-state index in [1.54, 1.807) is 0 Å². The van der Waals surface area contributed by atoms with Crippen LogP contribution in [0.25, 0.3) is 0 Å². The molecule has 1 aromatic carbocycles. The molecule has 1 N–H and O–H groups in total. The SMILES string of the molecule is C=CCC[C@@H](c1cc(Br)ccc1Br)N1CCNCC1. The minimum Gasteiger partial charge on any atom is -0.314 e. The van der Waals surface area contributed by atoms with E-state index in [4.69, 9.17) is 0 Å². The summed E-state index contributed by atoms with van der Waals surface area (Å²) in [5, 5.41) is 3.42. The average molecular weight is 388 g/mol. The van der Waals surface area contributed by atoms with Crippen LogP contribution in [-0.4, -0.2) is 31.1 Å². The number of nitrogens with one attached hydrogen (secondary N) is 1. The molecule has 0 bridgehead atoms. The Hall–Kier alpha value is -0.160. The summed E-state index contributed by atoms with van der Waals surface area (Å²) in [5.74, 6) is 0. The quantitative estimate of drug-likeness (QED) is 0.764.